The molecule has 0 amide bonds. The molecule has 2 fully saturated rings. The van der Waals surface area contributed by atoms with E-state index in [1.807, 2.05) is 13.8 Å². The summed E-state index contributed by atoms with van der Waals surface area (Å²) in [6.45, 7) is 4.13. The number of ether oxygens (including phenoxy) is 2. The number of aliphatic hydroxyl groups is 1. The van der Waals surface area contributed by atoms with Crippen molar-refractivity contribution in [3.8, 4) is 12.3 Å². The molecular formula is C12H18O3. The standard InChI is InChI=1S/C12H18O3/c1-4-10-8(2)11-9(7-13)5-6-12(3,14-10)15-11/h1,8-11,13H,5-7H2,2-3H3/t8-,9-,10-,11-,12-/m0/s1. The molecule has 0 unspecified atom stereocenters. The largest absolute Gasteiger partial charge is 0.396 e. The monoisotopic (exact) mass is 210 g/mol. The van der Waals surface area contributed by atoms with Crippen LogP contribution < -0.4 is 0 Å². The maximum Gasteiger partial charge on any atom is 0.167 e. The summed E-state index contributed by atoms with van der Waals surface area (Å²) >= 11 is 0. The van der Waals surface area contributed by atoms with E-state index in [1.165, 1.54) is 0 Å². The maximum absolute atomic E-state index is 9.29. The van der Waals surface area contributed by atoms with Crippen molar-refractivity contribution in [2.45, 2.75) is 44.7 Å². The summed E-state index contributed by atoms with van der Waals surface area (Å²) in [7, 11) is 0. The highest BCUT2D eigenvalue weighted by atomic mass is 16.7. The van der Waals surface area contributed by atoms with Crippen molar-refractivity contribution in [2.75, 3.05) is 6.61 Å². The first kappa shape index (κ1) is 10.9. The summed E-state index contributed by atoms with van der Waals surface area (Å²) in [5.41, 5.74) is 0. The minimum Gasteiger partial charge on any atom is -0.396 e. The van der Waals surface area contributed by atoms with Crippen LogP contribution in [0.4, 0.5) is 0 Å². The predicted molar refractivity (Wildman–Crippen MR) is 56.0 cm³/mol. The third kappa shape index (κ3) is 1.78. The highest BCUT2D eigenvalue weighted by molar-refractivity contribution is 5.04. The van der Waals surface area contributed by atoms with Crippen molar-refractivity contribution < 1.29 is 14.6 Å². The third-order valence-corrected chi connectivity index (χ3v) is 3.59. The lowest BCUT2D eigenvalue weighted by atomic mass is 9.80. The van der Waals surface area contributed by atoms with Gasteiger partial charge in [0.25, 0.3) is 0 Å². The van der Waals surface area contributed by atoms with Gasteiger partial charge in [0, 0.05) is 24.9 Å². The van der Waals surface area contributed by atoms with E-state index < -0.39 is 5.79 Å². The highest BCUT2D eigenvalue weighted by Gasteiger charge is 2.49. The van der Waals surface area contributed by atoms with Crippen molar-refractivity contribution in [3.63, 3.8) is 0 Å². The highest BCUT2D eigenvalue weighted by Crippen LogP contribution is 2.42. The molecular weight excluding hydrogens is 192 g/mol. The molecule has 2 bridgehead atoms. The van der Waals surface area contributed by atoms with Gasteiger partial charge in [0.15, 0.2) is 5.79 Å². The quantitative estimate of drug-likeness (QED) is 0.660. The zero-order valence-electron chi connectivity index (χ0n) is 9.27. The maximum atomic E-state index is 9.29. The zero-order chi connectivity index (χ0) is 11.1. The van der Waals surface area contributed by atoms with E-state index >= 15 is 0 Å². The normalized spacial score (nSPS) is 49.7. The molecule has 0 aromatic carbocycles. The second kappa shape index (κ2) is 3.79. The van der Waals surface area contributed by atoms with Crippen LogP contribution in [0.15, 0.2) is 0 Å². The molecule has 0 saturated carbocycles. The minimum absolute atomic E-state index is 0.0311. The molecule has 2 aliphatic heterocycles. The molecule has 0 aromatic rings. The fourth-order valence-electron chi connectivity index (χ4n) is 2.61. The Morgan fingerprint density at radius 2 is 2.27 bits per heavy atom. The van der Waals surface area contributed by atoms with Crippen LogP contribution in [0.1, 0.15) is 26.7 Å². The van der Waals surface area contributed by atoms with Gasteiger partial charge in [-0.2, -0.15) is 0 Å². The van der Waals surface area contributed by atoms with Crippen LogP contribution in [0.5, 0.6) is 0 Å². The average molecular weight is 210 g/mol. The van der Waals surface area contributed by atoms with E-state index in [2.05, 4.69) is 5.92 Å². The molecule has 5 atom stereocenters. The van der Waals surface area contributed by atoms with Crippen molar-refractivity contribution in [1.29, 1.82) is 0 Å². The Balaban J connectivity index is 2.21. The number of terminal acetylenes is 1. The van der Waals surface area contributed by atoms with Crippen LogP contribution in [0.25, 0.3) is 0 Å². The number of rotatable bonds is 1. The number of aliphatic hydroxyl groups excluding tert-OH is 1. The average Bonchev–Trinajstić information content (AvgIpc) is 2.24. The Hall–Kier alpha value is -0.560. The molecule has 3 heteroatoms. The lowest BCUT2D eigenvalue weighted by Gasteiger charge is -2.51. The fourth-order valence-corrected chi connectivity index (χ4v) is 2.61. The molecule has 1 N–H and O–H groups in total. The summed E-state index contributed by atoms with van der Waals surface area (Å²) in [4.78, 5) is 0. The van der Waals surface area contributed by atoms with E-state index in [-0.39, 0.29) is 30.7 Å². The lowest BCUT2D eigenvalue weighted by molar-refractivity contribution is -0.348. The molecule has 2 rings (SSSR count). The van der Waals surface area contributed by atoms with Gasteiger partial charge in [-0.25, -0.2) is 0 Å². The summed E-state index contributed by atoms with van der Waals surface area (Å²) in [5.74, 6) is 2.48. The Morgan fingerprint density at radius 3 is 2.87 bits per heavy atom. The first-order valence-electron chi connectivity index (χ1n) is 5.52. The Kier molecular flexibility index (Phi) is 2.76. The molecule has 0 spiro atoms. The van der Waals surface area contributed by atoms with E-state index in [1.54, 1.807) is 0 Å². The molecule has 0 radical (unpaired) electrons. The van der Waals surface area contributed by atoms with Crippen LogP contribution in [0.3, 0.4) is 0 Å². The van der Waals surface area contributed by atoms with Gasteiger partial charge in [-0.1, -0.05) is 12.8 Å². The Bertz CT molecular complexity index is 283. The van der Waals surface area contributed by atoms with Gasteiger partial charge in [-0.05, 0) is 13.3 Å². The van der Waals surface area contributed by atoms with Gasteiger partial charge < -0.3 is 14.6 Å². The first-order valence-corrected chi connectivity index (χ1v) is 5.52. The van der Waals surface area contributed by atoms with Gasteiger partial charge in [-0.3, -0.25) is 0 Å². The van der Waals surface area contributed by atoms with Crippen LogP contribution in [-0.2, 0) is 9.47 Å². The number of hydrogen-bond acceptors (Lipinski definition) is 3. The van der Waals surface area contributed by atoms with Crippen molar-refractivity contribution >= 4 is 0 Å². The smallest absolute Gasteiger partial charge is 0.167 e. The van der Waals surface area contributed by atoms with Crippen LogP contribution in [0, 0.1) is 24.2 Å². The van der Waals surface area contributed by atoms with Gasteiger partial charge >= 0.3 is 0 Å². The topological polar surface area (TPSA) is 38.7 Å². The van der Waals surface area contributed by atoms with Crippen molar-refractivity contribution in [3.05, 3.63) is 0 Å². The number of fused-ring (bicyclic) bond motifs is 2. The van der Waals surface area contributed by atoms with Crippen molar-refractivity contribution in [2.24, 2.45) is 11.8 Å². The third-order valence-electron chi connectivity index (χ3n) is 3.59. The van der Waals surface area contributed by atoms with Gasteiger partial charge in [-0.15, -0.1) is 6.42 Å². The van der Waals surface area contributed by atoms with Crippen LogP contribution in [-0.4, -0.2) is 29.7 Å². The minimum atomic E-state index is -0.542. The Morgan fingerprint density at radius 1 is 1.53 bits per heavy atom. The van der Waals surface area contributed by atoms with E-state index in [0.717, 1.165) is 12.8 Å². The first-order chi connectivity index (χ1) is 7.09. The second-order valence-corrected chi connectivity index (χ2v) is 4.76. The molecule has 0 aromatic heterocycles. The second-order valence-electron chi connectivity index (χ2n) is 4.76. The molecule has 15 heavy (non-hydrogen) atoms. The predicted octanol–water partition coefficient (Wildman–Crippen LogP) is 1.16. The van der Waals surface area contributed by atoms with E-state index in [9.17, 15) is 5.11 Å². The van der Waals surface area contributed by atoms with Gasteiger partial charge in [0.2, 0.25) is 0 Å². The van der Waals surface area contributed by atoms with E-state index in [4.69, 9.17) is 15.9 Å². The van der Waals surface area contributed by atoms with Gasteiger partial charge in [0.05, 0.1) is 6.10 Å². The summed E-state index contributed by atoms with van der Waals surface area (Å²) < 4.78 is 11.6. The molecule has 84 valence electrons. The zero-order valence-corrected chi connectivity index (χ0v) is 9.27. The molecule has 2 aliphatic rings. The summed E-state index contributed by atoms with van der Waals surface area (Å²) in [6.07, 6.45) is 7.04. The Labute approximate surface area is 90.8 Å². The molecule has 2 heterocycles. The lowest BCUT2D eigenvalue weighted by Crippen LogP contribution is -2.57. The van der Waals surface area contributed by atoms with Crippen molar-refractivity contribution in [1.82, 2.24) is 0 Å². The summed E-state index contributed by atoms with van der Waals surface area (Å²) in [5, 5.41) is 9.29. The molecule has 2 saturated heterocycles. The SMILES string of the molecule is C#C[C@@H]1O[C@]2(C)CC[C@@H](CO)[C@@H](O2)[C@H]1C. The molecule has 3 nitrogen and oxygen atoms in total. The van der Waals surface area contributed by atoms with E-state index in [0.29, 0.717) is 0 Å². The van der Waals surface area contributed by atoms with Crippen LogP contribution >= 0.6 is 0 Å². The molecule has 0 aliphatic carbocycles. The fraction of sp³-hybridized carbons (Fsp3) is 0.833. The summed E-state index contributed by atoms with van der Waals surface area (Å²) in [6, 6.07) is 0. The van der Waals surface area contributed by atoms with Crippen LogP contribution in [0.2, 0.25) is 0 Å². The number of hydrogen-bond donors (Lipinski definition) is 1. The van der Waals surface area contributed by atoms with Gasteiger partial charge in [0.1, 0.15) is 6.10 Å².